The van der Waals surface area contributed by atoms with Crippen LogP contribution in [0, 0.1) is 0 Å². The molecule has 0 saturated carbocycles. The fourth-order valence-corrected chi connectivity index (χ4v) is 0.731. The van der Waals surface area contributed by atoms with Crippen LogP contribution in [0.5, 0.6) is 0 Å². The average Bonchev–Trinajstić information content (AvgIpc) is 2.03. The van der Waals surface area contributed by atoms with E-state index < -0.39 is 0 Å². The summed E-state index contributed by atoms with van der Waals surface area (Å²) in [6.07, 6.45) is 1.79. The molecule has 0 atom stereocenters. The van der Waals surface area contributed by atoms with Crippen LogP contribution in [-0.2, 0) is 6.54 Å². The zero-order valence-electron chi connectivity index (χ0n) is 6.91. The maximum Gasteiger partial charge on any atom is 0.0810 e. The van der Waals surface area contributed by atoms with Gasteiger partial charge in [0.05, 0.1) is 12.2 Å². The standard InChI is InChI=1S/C9H12N2/c1-8(2)11-7-9-5-3-4-6-10-9/h3-6H,7H2,1-2H3. The number of aliphatic imine (C=N–C) groups is 1. The fourth-order valence-electron chi connectivity index (χ4n) is 0.731. The molecule has 1 aromatic rings. The molecule has 2 heteroatoms. The predicted molar refractivity (Wildman–Crippen MR) is 46.7 cm³/mol. The number of hydrogen-bond acceptors (Lipinski definition) is 2. The van der Waals surface area contributed by atoms with Crippen molar-refractivity contribution >= 4 is 5.71 Å². The van der Waals surface area contributed by atoms with Gasteiger partial charge in [0.1, 0.15) is 0 Å². The van der Waals surface area contributed by atoms with Gasteiger partial charge in [0.2, 0.25) is 0 Å². The maximum absolute atomic E-state index is 4.25. The predicted octanol–water partition coefficient (Wildman–Crippen LogP) is 2.06. The lowest BCUT2D eigenvalue weighted by atomic mass is 10.3. The number of rotatable bonds is 2. The molecule has 11 heavy (non-hydrogen) atoms. The van der Waals surface area contributed by atoms with Crippen molar-refractivity contribution in [2.75, 3.05) is 0 Å². The Morgan fingerprint density at radius 2 is 2.27 bits per heavy atom. The lowest BCUT2D eigenvalue weighted by Crippen LogP contribution is -1.88. The molecule has 0 aromatic carbocycles. The monoisotopic (exact) mass is 148 g/mol. The van der Waals surface area contributed by atoms with E-state index >= 15 is 0 Å². The number of pyridine rings is 1. The molecule has 0 N–H and O–H groups in total. The Morgan fingerprint density at radius 1 is 1.45 bits per heavy atom. The first-order valence-electron chi connectivity index (χ1n) is 3.66. The third-order valence-corrected chi connectivity index (χ3v) is 1.28. The Hall–Kier alpha value is -1.18. The average molecular weight is 148 g/mol. The van der Waals surface area contributed by atoms with Gasteiger partial charge in [0.15, 0.2) is 0 Å². The third-order valence-electron chi connectivity index (χ3n) is 1.28. The largest absolute Gasteiger partial charge is 0.288 e. The van der Waals surface area contributed by atoms with E-state index in [-0.39, 0.29) is 0 Å². The first-order chi connectivity index (χ1) is 5.29. The smallest absolute Gasteiger partial charge is 0.0810 e. The lowest BCUT2D eigenvalue weighted by Gasteiger charge is -1.93. The molecule has 0 fully saturated rings. The topological polar surface area (TPSA) is 25.2 Å². The molecule has 58 valence electrons. The molecular weight excluding hydrogens is 136 g/mol. The molecule has 1 aromatic heterocycles. The molecule has 0 aliphatic rings. The van der Waals surface area contributed by atoms with E-state index in [4.69, 9.17) is 0 Å². The molecule has 0 spiro atoms. The van der Waals surface area contributed by atoms with Gasteiger partial charge in [-0.15, -0.1) is 0 Å². The van der Waals surface area contributed by atoms with Crippen LogP contribution < -0.4 is 0 Å². The molecule has 0 amide bonds. The zero-order chi connectivity index (χ0) is 8.10. The van der Waals surface area contributed by atoms with Crippen LogP contribution in [0.4, 0.5) is 0 Å². The summed E-state index contributed by atoms with van der Waals surface area (Å²) in [4.78, 5) is 8.39. The summed E-state index contributed by atoms with van der Waals surface area (Å²) in [5.74, 6) is 0. The summed E-state index contributed by atoms with van der Waals surface area (Å²) in [5, 5.41) is 0. The van der Waals surface area contributed by atoms with Gasteiger partial charge in [-0.05, 0) is 26.0 Å². The van der Waals surface area contributed by atoms with Crippen molar-refractivity contribution in [3.05, 3.63) is 30.1 Å². The van der Waals surface area contributed by atoms with Crippen molar-refractivity contribution in [2.45, 2.75) is 20.4 Å². The molecule has 2 nitrogen and oxygen atoms in total. The fraction of sp³-hybridized carbons (Fsp3) is 0.333. The van der Waals surface area contributed by atoms with Crippen LogP contribution in [-0.4, -0.2) is 10.7 Å². The van der Waals surface area contributed by atoms with Gasteiger partial charge in [0, 0.05) is 11.9 Å². The molecule has 1 rings (SSSR count). The van der Waals surface area contributed by atoms with Gasteiger partial charge in [-0.3, -0.25) is 9.98 Å². The summed E-state index contributed by atoms with van der Waals surface area (Å²) in [5.41, 5.74) is 2.12. The van der Waals surface area contributed by atoms with Crippen molar-refractivity contribution in [3.8, 4) is 0 Å². The Kier molecular flexibility index (Phi) is 2.78. The van der Waals surface area contributed by atoms with Crippen molar-refractivity contribution in [1.82, 2.24) is 4.98 Å². The summed E-state index contributed by atoms with van der Waals surface area (Å²) in [6.45, 7) is 4.68. The van der Waals surface area contributed by atoms with Crippen LogP contribution >= 0.6 is 0 Å². The number of aromatic nitrogens is 1. The Balaban J connectivity index is 2.59. The second-order valence-corrected chi connectivity index (χ2v) is 2.58. The normalized spacial score (nSPS) is 9.27. The highest BCUT2D eigenvalue weighted by Gasteiger charge is 1.87. The van der Waals surface area contributed by atoms with E-state index in [0.29, 0.717) is 6.54 Å². The number of nitrogens with zero attached hydrogens (tertiary/aromatic N) is 2. The summed E-state index contributed by atoms with van der Waals surface area (Å²) >= 11 is 0. The first kappa shape index (κ1) is 7.92. The number of hydrogen-bond donors (Lipinski definition) is 0. The summed E-state index contributed by atoms with van der Waals surface area (Å²) < 4.78 is 0. The molecule has 1 heterocycles. The summed E-state index contributed by atoms with van der Waals surface area (Å²) in [7, 11) is 0. The van der Waals surface area contributed by atoms with Crippen molar-refractivity contribution in [1.29, 1.82) is 0 Å². The van der Waals surface area contributed by atoms with Gasteiger partial charge < -0.3 is 0 Å². The van der Waals surface area contributed by atoms with Crippen molar-refractivity contribution < 1.29 is 0 Å². The van der Waals surface area contributed by atoms with Crippen LogP contribution in [0.3, 0.4) is 0 Å². The SMILES string of the molecule is CC(C)=NCc1ccccn1. The van der Waals surface area contributed by atoms with E-state index in [1.54, 1.807) is 6.20 Å². The Bertz CT molecular complexity index is 235. The molecule has 0 bridgehead atoms. The van der Waals surface area contributed by atoms with Gasteiger partial charge in [-0.25, -0.2) is 0 Å². The van der Waals surface area contributed by atoms with E-state index in [1.165, 1.54) is 0 Å². The second-order valence-electron chi connectivity index (χ2n) is 2.58. The third kappa shape index (κ3) is 2.94. The minimum absolute atomic E-state index is 0.698. The van der Waals surface area contributed by atoms with Gasteiger partial charge in [-0.2, -0.15) is 0 Å². The minimum Gasteiger partial charge on any atom is -0.288 e. The van der Waals surface area contributed by atoms with Crippen molar-refractivity contribution in [2.24, 2.45) is 4.99 Å². The lowest BCUT2D eigenvalue weighted by molar-refractivity contribution is 0.986. The van der Waals surface area contributed by atoms with E-state index in [0.717, 1.165) is 11.4 Å². The van der Waals surface area contributed by atoms with E-state index in [9.17, 15) is 0 Å². The highest BCUT2D eigenvalue weighted by atomic mass is 14.8. The van der Waals surface area contributed by atoms with Crippen molar-refractivity contribution in [3.63, 3.8) is 0 Å². The molecule has 0 aliphatic carbocycles. The minimum atomic E-state index is 0.698. The second kappa shape index (κ2) is 3.86. The highest BCUT2D eigenvalue weighted by molar-refractivity contribution is 5.78. The molecule has 0 saturated heterocycles. The quantitative estimate of drug-likeness (QED) is 0.589. The Morgan fingerprint density at radius 3 is 2.82 bits per heavy atom. The van der Waals surface area contributed by atoms with E-state index in [2.05, 4.69) is 9.98 Å². The van der Waals surface area contributed by atoms with Crippen LogP contribution in [0.2, 0.25) is 0 Å². The Labute approximate surface area is 67.0 Å². The molecule has 0 aliphatic heterocycles. The molecule has 0 radical (unpaired) electrons. The maximum atomic E-state index is 4.25. The van der Waals surface area contributed by atoms with Gasteiger partial charge in [0.25, 0.3) is 0 Å². The van der Waals surface area contributed by atoms with E-state index in [1.807, 2.05) is 32.0 Å². The van der Waals surface area contributed by atoms with Crippen LogP contribution in [0.15, 0.2) is 29.4 Å². The van der Waals surface area contributed by atoms with Gasteiger partial charge >= 0.3 is 0 Å². The van der Waals surface area contributed by atoms with Crippen LogP contribution in [0.1, 0.15) is 19.5 Å². The highest BCUT2D eigenvalue weighted by Crippen LogP contribution is 1.95. The van der Waals surface area contributed by atoms with Gasteiger partial charge in [-0.1, -0.05) is 6.07 Å². The zero-order valence-corrected chi connectivity index (χ0v) is 6.91. The van der Waals surface area contributed by atoms with Crippen LogP contribution in [0.25, 0.3) is 0 Å². The first-order valence-corrected chi connectivity index (χ1v) is 3.66. The summed E-state index contributed by atoms with van der Waals surface area (Å²) in [6, 6.07) is 5.86. The molecule has 0 unspecified atom stereocenters. The molecular formula is C9H12N2.